The molecule has 0 radical (unpaired) electrons. The molecule has 0 saturated heterocycles. The SMILES string of the molecule is Cc1ccc(CN(C(=O)CN(c2cccc(Br)c2)S(=O)(=O)c2ccccc2)[C@H](C)C(=O)NC2CCCCC2)cc1. The molecule has 3 aromatic carbocycles. The van der Waals surface area contributed by atoms with Crippen molar-refractivity contribution in [2.24, 2.45) is 0 Å². The molecule has 0 unspecified atom stereocenters. The molecule has 1 aliphatic carbocycles. The van der Waals surface area contributed by atoms with Crippen LogP contribution in [0.4, 0.5) is 5.69 Å². The molecule has 1 fully saturated rings. The molecular formula is C31H36BrN3O4S. The van der Waals surface area contributed by atoms with E-state index in [0.29, 0.717) is 10.2 Å². The molecule has 2 amide bonds. The number of carbonyl (C=O) groups is 2. The number of carbonyl (C=O) groups excluding carboxylic acids is 2. The summed E-state index contributed by atoms with van der Waals surface area (Å²) in [7, 11) is -4.08. The lowest BCUT2D eigenvalue weighted by Crippen LogP contribution is -2.53. The van der Waals surface area contributed by atoms with Crippen molar-refractivity contribution in [3.8, 4) is 0 Å². The predicted molar refractivity (Wildman–Crippen MR) is 161 cm³/mol. The van der Waals surface area contributed by atoms with Crippen molar-refractivity contribution < 1.29 is 18.0 Å². The van der Waals surface area contributed by atoms with Crippen molar-refractivity contribution in [1.82, 2.24) is 10.2 Å². The van der Waals surface area contributed by atoms with Gasteiger partial charge in [0.2, 0.25) is 11.8 Å². The molecule has 1 aliphatic rings. The van der Waals surface area contributed by atoms with Crippen molar-refractivity contribution in [3.63, 3.8) is 0 Å². The Labute approximate surface area is 245 Å². The molecule has 0 heterocycles. The molecule has 7 nitrogen and oxygen atoms in total. The summed E-state index contributed by atoms with van der Waals surface area (Å²) in [5.74, 6) is -0.696. The first-order chi connectivity index (χ1) is 19.1. The van der Waals surface area contributed by atoms with Crippen LogP contribution in [-0.4, -0.2) is 43.8 Å². The number of rotatable bonds is 10. The van der Waals surface area contributed by atoms with E-state index in [-0.39, 0.29) is 23.4 Å². The van der Waals surface area contributed by atoms with Crippen LogP contribution in [0, 0.1) is 6.92 Å². The maximum atomic E-state index is 14.0. The van der Waals surface area contributed by atoms with E-state index in [1.807, 2.05) is 31.2 Å². The molecule has 0 spiro atoms. The molecule has 40 heavy (non-hydrogen) atoms. The average Bonchev–Trinajstić information content (AvgIpc) is 2.96. The Morgan fingerprint density at radius 3 is 2.27 bits per heavy atom. The van der Waals surface area contributed by atoms with Gasteiger partial charge in [-0.1, -0.05) is 89.3 Å². The standard InChI is InChI=1S/C31H36BrN3O4S/c1-23-16-18-25(19-17-23)21-34(24(2)31(37)33-27-11-5-3-6-12-27)30(36)22-35(28-13-9-10-26(32)20-28)40(38,39)29-14-7-4-8-15-29/h4,7-10,13-20,24,27H,3,5-6,11-12,21-22H2,1-2H3,(H,33,37)/t24-/m1/s1. The zero-order valence-electron chi connectivity index (χ0n) is 22.9. The summed E-state index contributed by atoms with van der Waals surface area (Å²) < 4.78 is 29.4. The Morgan fingerprint density at radius 2 is 1.62 bits per heavy atom. The third-order valence-corrected chi connectivity index (χ3v) is 9.58. The maximum absolute atomic E-state index is 14.0. The van der Waals surface area contributed by atoms with Crippen LogP contribution in [0.5, 0.6) is 0 Å². The van der Waals surface area contributed by atoms with E-state index in [1.54, 1.807) is 49.4 Å². The second-order valence-corrected chi connectivity index (χ2v) is 13.1. The van der Waals surface area contributed by atoms with E-state index in [4.69, 9.17) is 0 Å². The smallest absolute Gasteiger partial charge is 0.264 e. The number of amides is 2. The highest BCUT2D eigenvalue weighted by atomic mass is 79.9. The van der Waals surface area contributed by atoms with Crippen molar-refractivity contribution in [3.05, 3.63) is 94.5 Å². The molecule has 1 atom stereocenters. The highest BCUT2D eigenvalue weighted by Gasteiger charge is 2.33. The first-order valence-corrected chi connectivity index (χ1v) is 15.9. The normalized spacial score (nSPS) is 14.8. The lowest BCUT2D eigenvalue weighted by Gasteiger charge is -2.33. The fourth-order valence-corrected chi connectivity index (χ4v) is 6.74. The quantitative estimate of drug-likeness (QED) is 0.308. The number of hydrogen-bond acceptors (Lipinski definition) is 4. The first kappa shape index (κ1) is 29.8. The first-order valence-electron chi connectivity index (χ1n) is 13.6. The minimum Gasteiger partial charge on any atom is -0.352 e. The molecule has 3 aromatic rings. The van der Waals surface area contributed by atoms with Crippen LogP contribution in [0.3, 0.4) is 0 Å². The van der Waals surface area contributed by atoms with Gasteiger partial charge in [-0.15, -0.1) is 0 Å². The Bertz CT molecular complexity index is 1410. The summed E-state index contributed by atoms with van der Waals surface area (Å²) >= 11 is 3.42. The highest BCUT2D eigenvalue weighted by Crippen LogP contribution is 2.27. The number of nitrogens with zero attached hydrogens (tertiary/aromatic N) is 2. The van der Waals surface area contributed by atoms with Crippen LogP contribution in [0.2, 0.25) is 0 Å². The predicted octanol–water partition coefficient (Wildman–Crippen LogP) is 5.82. The topological polar surface area (TPSA) is 86.8 Å². The fraction of sp³-hybridized carbons (Fsp3) is 0.355. The van der Waals surface area contributed by atoms with Crippen LogP contribution >= 0.6 is 15.9 Å². The van der Waals surface area contributed by atoms with Crippen LogP contribution < -0.4 is 9.62 Å². The third kappa shape index (κ3) is 7.52. The molecule has 1 N–H and O–H groups in total. The van der Waals surface area contributed by atoms with Crippen molar-refractivity contribution >= 4 is 43.5 Å². The molecule has 212 valence electrons. The van der Waals surface area contributed by atoms with Crippen LogP contribution in [0.1, 0.15) is 50.2 Å². The summed E-state index contributed by atoms with van der Waals surface area (Å²) in [5, 5.41) is 3.13. The van der Waals surface area contributed by atoms with Gasteiger partial charge in [-0.25, -0.2) is 8.42 Å². The summed E-state index contributed by atoms with van der Waals surface area (Å²) in [6.07, 6.45) is 5.17. The molecule has 0 bridgehead atoms. The molecule has 0 aliphatic heterocycles. The van der Waals surface area contributed by atoms with Crippen LogP contribution in [0.25, 0.3) is 0 Å². The Kier molecular flexibility index (Phi) is 10.0. The van der Waals surface area contributed by atoms with Gasteiger partial charge in [0.05, 0.1) is 10.6 Å². The molecule has 9 heteroatoms. The largest absolute Gasteiger partial charge is 0.352 e. The maximum Gasteiger partial charge on any atom is 0.264 e. The Balaban J connectivity index is 1.66. The van der Waals surface area contributed by atoms with Gasteiger partial charge in [0.25, 0.3) is 10.0 Å². The van der Waals surface area contributed by atoms with E-state index < -0.39 is 28.5 Å². The number of halogens is 1. The van der Waals surface area contributed by atoms with Gasteiger partial charge in [0, 0.05) is 17.1 Å². The van der Waals surface area contributed by atoms with Crippen molar-refractivity contribution in [2.75, 3.05) is 10.8 Å². The second-order valence-electron chi connectivity index (χ2n) is 10.3. The number of aryl methyl sites for hydroxylation is 1. The van der Waals surface area contributed by atoms with Gasteiger partial charge in [0.1, 0.15) is 12.6 Å². The van der Waals surface area contributed by atoms with Gasteiger partial charge in [-0.05, 0) is 62.6 Å². The monoisotopic (exact) mass is 625 g/mol. The molecule has 0 aromatic heterocycles. The number of sulfonamides is 1. The summed E-state index contributed by atoms with van der Waals surface area (Å²) in [5.41, 5.74) is 2.29. The van der Waals surface area contributed by atoms with Crippen LogP contribution in [0.15, 0.2) is 88.2 Å². The van der Waals surface area contributed by atoms with Gasteiger partial charge in [-0.2, -0.15) is 0 Å². The summed E-state index contributed by atoms with van der Waals surface area (Å²) in [6, 6.07) is 22.0. The number of benzene rings is 3. The molecule has 4 rings (SSSR count). The van der Waals surface area contributed by atoms with E-state index in [1.165, 1.54) is 23.5 Å². The fourth-order valence-electron chi connectivity index (χ4n) is 4.92. The molecule has 1 saturated carbocycles. The summed E-state index contributed by atoms with van der Waals surface area (Å²) in [6.45, 7) is 3.41. The third-order valence-electron chi connectivity index (χ3n) is 7.30. The van der Waals surface area contributed by atoms with Gasteiger partial charge in [0.15, 0.2) is 0 Å². The highest BCUT2D eigenvalue weighted by molar-refractivity contribution is 9.10. The van der Waals surface area contributed by atoms with Crippen molar-refractivity contribution in [1.29, 1.82) is 0 Å². The van der Waals surface area contributed by atoms with Gasteiger partial charge < -0.3 is 10.2 Å². The second kappa shape index (κ2) is 13.5. The number of nitrogens with one attached hydrogen (secondary N) is 1. The van der Waals surface area contributed by atoms with E-state index >= 15 is 0 Å². The Hall–Kier alpha value is -3.17. The molecular weight excluding hydrogens is 590 g/mol. The average molecular weight is 627 g/mol. The lowest BCUT2D eigenvalue weighted by molar-refractivity contribution is -0.139. The number of hydrogen-bond donors (Lipinski definition) is 1. The van der Waals surface area contributed by atoms with Gasteiger partial charge in [-0.3, -0.25) is 13.9 Å². The van der Waals surface area contributed by atoms with Gasteiger partial charge >= 0.3 is 0 Å². The lowest BCUT2D eigenvalue weighted by atomic mass is 9.95. The van der Waals surface area contributed by atoms with Crippen molar-refractivity contribution in [2.45, 2.75) is 69.5 Å². The summed E-state index contributed by atoms with van der Waals surface area (Å²) in [4.78, 5) is 29.0. The minimum atomic E-state index is -4.08. The zero-order valence-corrected chi connectivity index (χ0v) is 25.3. The minimum absolute atomic E-state index is 0.0796. The Morgan fingerprint density at radius 1 is 0.950 bits per heavy atom. The number of anilines is 1. The van der Waals surface area contributed by atoms with Crippen LogP contribution in [-0.2, 0) is 26.2 Å². The van der Waals surface area contributed by atoms with E-state index in [9.17, 15) is 18.0 Å². The van der Waals surface area contributed by atoms with E-state index in [2.05, 4.69) is 21.2 Å². The van der Waals surface area contributed by atoms with E-state index in [0.717, 1.165) is 41.1 Å². The zero-order chi connectivity index (χ0) is 28.7.